The first kappa shape index (κ1) is 9.92. The van der Waals surface area contributed by atoms with Gasteiger partial charge in [-0.05, 0) is 20.0 Å². The molecule has 0 aliphatic carbocycles. The Morgan fingerprint density at radius 1 is 1.40 bits per heavy atom. The molecule has 0 radical (unpaired) electrons. The average Bonchev–Trinajstić information content (AvgIpc) is 1.85. The summed E-state index contributed by atoms with van der Waals surface area (Å²) in [5, 5.41) is 0. The van der Waals surface area contributed by atoms with Crippen molar-refractivity contribution >= 4 is 0 Å². The van der Waals surface area contributed by atoms with Gasteiger partial charge in [-0.25, -0.2) is 0 Å². The summed E-state index contributed by atoms with van der Waals surface area (Å²) < 4.78 is 0. The fourth-order valence-electron chi connectivity index (χ4n) is 0.904. The van der Waals surface area contributed by atoms with Crippen molar-refractivity contribution < 1.29 is 0 Å². The number of hydrogen-bond donors (Lipinski definition) is 1. The molecule has 0 amide bonds. The van der Waals surface area contributed by atoms with Crippen LogP contribution in [0, 0.1) is 5.92 Å². The zero-order valence-electron chi connectivity index (χ0n) is 7.59. The molecule has 1 unspecified atom stereocenters. The highest BCUT2D eigenvalue weighted by molar-refractivity contribution is 4.69. The van der Waals surface area contributed by atoms with E-state index in [0.29, 0.717) is 12.0 Å². The van der Waals surface area contributed by atoms with Crippen molar-refractivity contribution in [1.82, 2.24) is 4.90 Å². The van der Waals surface area contributed by atoms with E-state index in [1.165, 1.54) is 6.42 Å². The van der Waals surface area contributed by atoms with Crippen LogP contribution in [0.2, 0.25) is 0 Å². The molecule has 0 aliphatic rings. The molecule has 0 bridgehead atoms. The fraction of sp³-hybridized carbons (Fsp3) is 1.00. The molecule has 2 heteroatoms. The Balaban J connectivity index is 3.50. The van der Waals surface area contributed by atoms with Gasteiger partial charge in [0.1, 0.15) is 0 Å². The Labute approximate surface area is 64.4 Å². The minimum atomic E-state index is 0.333. The Hall–Kier alpha value is -0.0800. The van der Waals surface area contributed by atoms with Crippen LogP contribution in [0.25, 0.3) is 0 Å². The SMILES string of the molecule is CCC(C)[C@H](N)CN(C)C. The number of nitrogens with zero attached hydrogens (tertiary/aromatic N) is 1. The summed E-state index contributed by atoms with van der Waals surface area (Å²) in [6, 6.07) is 0.333. The fourth-order valence-corrected chi connectivity index (χ4v) is 0.904. The van der Waals surface area contributed by atoms with Crippen LogP contribution in [0.4, 0.5) is 0 Å². The summed E-state index contributed by atoms with van der Waals surface area (Å²) in [7, 11) is 4.12. The van der Waals surface area contributed by atoms with Crippen molar-refractivity contribution in [3.05, 3.63) is 0 Å². The van der Waals surface area contributed by atoms with E-state index in [4.69, 9.17) is 5.73 Å². The van der Waals surface area contributed by atoms with Gasteiger partial charge in [-0.2, -0.15) is 0 Å². The molecule has 62 valence electrons. The summed E-state index contributed by atoms with van der Waals surface area (Å²) in [6.07, 6.45) is 1.18. The molecule has 0 spiro atoms. The van der Waals surface area contributed by atoms with Crippen LogP contribution in [-0.2, 0) is 0 Å². The third-order valence-electron chi connectivity index (χ3n) is 1.95. The minimum absolute atomic E-state index is 0.333. The highest BCUT2D eigenvalue weighted by Gasteiger charge is 2.10. The Bertz CT molecular complexity index is 81.3. The van der Waals surface area contributed by atoms with E-state index in [1.807, 2.05) is 0 Å². The van der Waals surface area contributed by atoms with Crippen LogP contribution in [-0.4, -0.2) is 31.6 Å². The monoisotopic (exact) mass is 144 g/mol. The van der Waals surface area contributed by atoms with Crippen molar-refractivity contribution in [1.29, 1.82) is 0 Å². The zero-order chi connectivity index (χ0) is 8.15. The van der Waals surface area contributed by atoms with Gasteiger partial charge >= 0.3 is 0 Å². The van der Waals surface area contributed by atoms with Crippen LogP contribution in [0.3, 0.4) is 0 Å². The van der Waals surface area contributed by atoms with Gasteiger partial charge in [0.05, 0.1) is 0 Å². The average molecular weight is 144 g/mol. The molecule has 0 aromatic rings. The maximum atomic E-state index is 5.89. The topological polar surface area (TPSA) is 29.3 Å². The first-order valence-electron chi connectivity index (χ1n) is 3.98. The molecule has 10 heavy (non-hydrogen) atoms. The Kier molecular flexibility index (Phi) is 4.65. The van der Waals surface area contributed by atoms with Crippen molar-refractivity contribution in [3.8, 4) is 0 Å². The normalized spacial score (nSPS) is 17.4. The summed E-state index contributed by atoms with van der Waals surface area (Å²) in [4.78, 5) is 2.14. The maximum Gasteiger partial charge on any atom is 0.0193 e. The van der Waals surface area contributed by atoms with Crippen molar-refractivity contribution in [3.63, 3.8) is 0 Å². The lowest BCUT2D eigenvalue weighted by Gasteiger charge is -2.21. The molecule has 0 saturated carbocycles. The first-order valence-corrected chi connectivity index (χ1v) is 3.98. The standard InChI is InChI=1S/C8H20N2/c1-5-7(2)8(9)6-10(3)4/h7-8H,5-6,9H2,1-4H3/t7?,8-/m1/s1. The molecule has 0 aromatic carbocycles. The van der Waals surface area contributed by atoms with Crippen molar-refractivity contribution in [2.75, 3.05) is 20.6 Å². The van der Waals surface area contributed by atoms with Gasteiger partial charge in [0.15, 0.2) is 0 Å². The molecule has 2 nitrogen and oxygen atoms in total. The van der Waals surface area contributed by atoms with Gasteiger partial charge in [0.2, 0.25) is 0 Å². The first-order chi connectivity index (χ1) is 4.57. The molecule has 2 N–H and O–H groups in total. The van der Waals surface area contributed by atoms with E-state index < -0.39 is 0 Å². The van der Waals surface area contributed by atoms with Gasteiger partial charge < -0.3 is 10.6 Å². The highest BCUT2D eigenvalue weighted by Crippen LogP contribution is 2.04. The number of hydrogen-bond acceptors (Lipinski definition) is 2. The summed E-state index contributed by atoms with van der Waals surface area (Å²) in [5.41, 5.74) is 5.89. The molecule has 0 saturated heterocycles. The molecule has 0 aliphatic heterocycles. The summed E-state index contributed by atoms with van der Waals surface area (Å²) in [5.74, 6) is 0.641. The maximum absolute atomic E-state index is 5.89. The second-order valence-electron chi connectivity index (χ2n) is 3.31. The Morgan fingerprint density at radius 2 is 1.90 bits per heavy atom. The lowest BCUT2D eigenvalue weighted by atomic mass is 10.00. The highest BCUT2D eigenvalue weighted by atomic mass is 15.1. The molecule has 0 fully saturated rings. The van der Waals surface area contributed by atoms with E-state index in [1.54, 1.807) is 0 Å². The van der Waals surface area contributed by atoms with Crippen LogP contribution >= 0.6 is 0 Å². The van der Waals surface area contributed by atoms with Crippen molar-refractivity contribution in [2.45, 2.75) is 26.3 Å². The van der Waals surface area contributed by atoms with Crippen LogP contribution < -0.4 is 5.73 Å². The van der Waals surface area contributed by atoms with Gasteiger partial charge in [-0.3, -0.25) is 0 Å². The lowest BCUT2D eigenvalue weighted by molar-refractivity contribution is 0.315. The van der Waals surface area contributed by atoms with Crippen LogP contribution in [0.5, 0.6) is 0 Å². The largest absolute Gasteiger partial charge is 0.326 e. The number of rotatable bonds is 4. The molecule has 0 heterocycles. The predicted octanol–water partition coefficient (Wildman–Crippen LogP) is 0.921. The van der Waals surface area contributed by atoms with Gasteiger partial charge in [-0.15, -0.1) is 0 Å². The minimum Gasteiger partial charge on any atom is -0.326 e. The third-order valence-corrected chi connectivity index (χ3v) is 1.95. The number of nitrogens with two attached hydrogens (primary N) is 1. The smallest absolute Gasteiger partial charge is 0.0193 e. The molecule has 0 rings (SSSR count). The van der Waals surface area contributed by atoms with Gasteiger partial charge in [0, 0.05) is 12.6 Å². The van der Waals surface area contributed by atoms with Crippen molar-refractivity contribution in [2.24, 2.45) is 11.7 Å². The summed E-state index contributed by atoms with van der Waals surface area (Å²) >= 11 is 0. The predicted molar refractivity (Wildman–Crippen MR) is 46.0 cm³/mol. The van der Waals surface area contributed by atoms with Crippen LogP contribution in [0.15, 0.2) is 0 Å². The molecular weight excluding hydrogens is 124 g/mol. The Morgan fingerprint density at radius 3 is 2.20 bits per heavy atom. The molecular formula is C8H20N2. The quantitative estimate of drug-likeness (QED) is 0.636. The molecule has 0 aromatic heterocycles. The van der Waals surface area contributed by atoms with Gasteiger partial charge in [0.25, 0.3) is 0 Å². The van der Waals surface area contributed by atoms with E-state index >= 15 is 0 Å². The van der Waals surface area contributed by atoms with E-state index in [0.717, 1.165) is 6.54 Å². The van der Waals surface area contributed by atoms with E-state index in [2.05, 4.69) is 32.8 Å². The van der Waals surface area contributed by atoms with Gasteiger partial charge in [-0.1, -0.05) is 20.3 Å². The third kappa shape index (κ3) is 3.85. The number of likely N-dealkylation sites (N-methyl/N-ethyl adjacent to an activating group) is 1. The second kappa shape index (κ2) is 4.69. The molecule has 2 atom stereocenters. The summed E-state index contributed by atoms with van der Waals surface area (Å²) in [6.45, 7) is 5.38. The second-order valence-corrected chi connectivity index (χ2v) is 3.31. The van der Waals surface area contributed by atoms with E-state index in [9.17, 15) is 0 Å². The lowest BCUT2D eigenvalue weighted by Crippen LogP contribution is -2.38. The van der Waals surface area contributed by atoms with E-state index in [-0.39, 0.29) is 0 Å². The van der Waals surface area contributed by atoms with Crippen LogP contribution in [0.1, 0.15) is 20.3 Å². The zero-order valence-corrected chi connectivity index (χ0v) is 7.59.